The Morgan fingerprint density at radius 3 is 2.14 bits per heavy atom. The van der Waals surface area contributed by atoms with Gasteiger partial charge in [0.05, 0.1) is 11.1 Å². The maximum Gasteiger partial charge on any atom is 0.234 e. The number of rotatable bonds is 3. The summed E-state index contributed by atoms with van der Waals surface area (Å²) in [4.78, 5) is 12.6. The molecule has 3 N–H and O–H groups in total. The lowest BCUT2D eigenvalue weighted by Crippen LogP contribution is -2.34. The molecule has 0 saturated heterocycles. The molecule has 110 valence electrons. The normalized spacial score (nSPS) is 11.2. The van der Waals surface area contributed by atoms with Crippen LogP contribution in [0.25, 0.3) is 0 Å². The Morgan fingerprint density at radius 2 is 1.62 bits per heavy atom. The monoisotopic (exact) mass is 410 g/mol. The van der Waals surface area contributed by atoms with E-state index in [1.807, 2.05) is 44.2 Å². The lowest BCUT2D eigenvalue weighted by atomic mass is 9.83. The van der Waals surface area contributed by atoms with Crippen LogP contribution in [0.15, 0.2) is 51.4 Å². The zero-order valence-electron chi connectivity index (χ0n) is 11.8. The van der Waals surface area contributed by atoms with Crippen molar-refractivity contribution >= 4 is 49.1 Å². The van der Waals surface area contributed by atoms with Gasteiger partial charge in [-0.15, -0.1) is 0 Å². The summed E-state index contributed by atoms with van der Waals surface area (Å²) in [6.45, 7) is 3.80. The highest BCUT2D eigenvalue weighted by Crippen LogP contribution is 2.35. The van der Waals surface area contributed by atoms with E-state index in [0.717, 1.165) is 14.5 Å². The molecule has 0 heterocycles. The second-order valence-corrected chi connectivity index (χ2v) is 7.01. The molecule has 0 saturated carbocycles. The van der Waals surface area contributed by atoms with Crippen molar-refractivity contribution < 1.29 is 4.79 Å². The molecular weight excluding hydrogens is 396 g/mol. The van der Waals surface area contributed by atoms with Gasteiger partial charge in [-0.05, 0) is 63.4 Å². The van der Waals surface area contributed by atoms with Crippen molar-refractivity contribution in [2.45, 2.75) is 19.3 Å². The summed E-state index contributed by atoms with van der Waals surface area (Å²) in [5, 5.41) is 2.96. The number of anilines is 2. The molecule has 0 radical (unpaired) electrons. The Morgan fingerprint density at radius 1 is 1.10 bits per heavy atom. The van der Waals surface area contributed by atoms with Crippen LogP contribution in [0.1, 0.15) is 19.4 Å². The third-order valence-electron chi connectivity index (χ3n) is 3.37. The quantitative estimate of drug-likeness (QED) is 0.718. The molecule has 2 aromatic carbocycles. The van der Waals surface area contributed by atoms with Crippen LogP contribution < -0.4 is 11.1 Å². The summed E-state index contributed by atoms with van der Waals surface area (Å²) < 4.78 is 1.48. The van der Waals surface area contributed by atoms with Crippen LogP contribution in [-0.4, -0.2) is 5.91 Å². The maximum absolute atomic E-state index is 12.6. The number of carbonyl (C=O) groups is 1. The van der Waals surface area contributed by atoms with E-state index in [-0.39, 0.29) is 5.91 Å². The zero-order chi connectivity index (χ0) is 15.6. The number of amides is 1. The summed E-state index contributed by atoms with van der Waals surface area (Å²) in [6, 6.07) is 13.2. The second kappa shape index (κ2) is 6.20. The van der Waals surface area contributed by atoms with E-state index in [2.05, 4.69) is 37.2 Å². The van der Waals surface area contributed by atoms with E-state index < -0.39 is 5.41 Å². The van der Waals surface area contributed by atoms with Gasteiger partial charge in [0.2, 0.25) is 5.91 Å². The average Bonchev–Trinajstić information content (AvgIpc) is 2.43. The molecule has 0 atom stereocenters. The van der Waals surface area contributed by atoms with Gasteiger partial charge in [-0.3, -0.25) is 4.79 Å². The number of hydrogen-bond acceptors (Lipinski definition) is 2. The molecular formula is C16H16Br2N2O. The molecule has 0 spiro atoms. The van der Waals surface area contributed by atoms with Crippen molar-refractivity contribution in [2.24, 2.45) is 0 Å². The van der Waals surface area contributed by atoms with Gasteiger partial charge in [0.15, 0.2) is 0 Å². The van der Waals surface area contributed by atoms with Crippen molar-refractivity contribution in [3.05, 3.63) is 57.0 Å². The van der Waals surface area contributed by atoms with Crippen LogP contribution in [0.4, 0.5) is 11.4 Å². The van der Waals surface area contributed by atoms with Gasteiger partial charge in [-0.1, -0.05) is 30.3 Å². The molecule has 0 aliphatic carbocycles. The lowest BCUT2D eigenvalue weighted by molar-refractivity contribution is -0.120. The molecule has 5 heteroatoms. The van der Waals surface area contributed by atoms with Crippen LogP contribution in [0.5, 0.6) is 0 Å². The molecule has 1 amide bonds. The molecule has 0 aliphatic heterocycles. The second-order valence-electron chi connectivity index (χ2n) is 5.30. The Bertz CT molecular complexity index is 646. The van der Waals surface area contributed by atoms with Crippen molar-refractivity contribution in [1.29, 1.82) is 0 Å². The summed E-state index contributed by atoms with van der Waals surface area (Å²) in [7, 11) is 0. The fourth-order valence-corrected chi connectivity index (χ4v) is 3.39. The van der Waals surface area contributed by atoms with Crippen molar-refractivity contribution in [3.8, 4) is 0 Å². The summed E-state index contributed by atoms with van der Waals surface area (Å²) in [6.07, 6.45) is 0. The van der Waals surface area contributed by atoms with E-state index in [1.165, 1.54) is 0 Å². The fourth-order valence-electron chi connectivity index (χ4n) is 1.97. The molecule has 3 nitrogen and oxygen atoms in total. The van der Waals surface area contributed by atoms with E-state index in [9.17, 15) is 4.79 Å². The Kier molecular flexibility index (Phi) is 4.74. The van der Waals surface area contributed by atoms with Gasteiger partial charge in [-0.25, -0.2) is 0 Å². The van der Waals surface area contributed by atoms with Gasteiger partial charge in [0.25, 0.3) is 0 Å². The van der Waals surface area contributed by atoms with Crippen molar-refractivity contribution in [1.82, 2.24) is 0 Å². The Hall–Kier alpha value is -1.33. The first kappa shape index (κ1) is 16.0. The SMILES string of the molecule is CC(C)(C(=O)Nc1c(Br)cc(N)cc1Br)c1ccccc1. The van der Waals surface area contributed by atoms with Crippen LogP contribution in [0, 0.1) is 0 Å². The Balaban J connectivity index is 2.30. The minimum atomic E-state index is -0.637. The maximum atomic E-state index is 12.6. The Labute approximate surface area is 141 Å². The number of nitrogens with one attached hydrogen (secondary N) is 1. The molecule has 2 rings (SSSR count). The van der Waals surface area contributed by atoms with Gasteiger partial charge in [-0.2, -0.15) is 0 Å². The van der Waals surface area contributed by atoms with Gasteiger partial charge in [0, 0.05) is 14.6 Å². The smallest absolute Gasteiger partial charge is 0.234 e. The van der Waals surface area contributed by atoms with Gasteiger partial charge >= 0.3 is 0 Å². The number of benzene rings is 2. The van der Waals surface area contributed by atoms with Crippen molar-refractivity contribution in [2.75, 3.05) is 11.1 Å². The number of nitrogens with two attached hydrogens (primary N) is 1. The minimum Gasteiger partial charge on any atom is -0.399 e. The number of hydrogen-bond donors (Lipinski definition) is 2. The average molecular weight is 412 g/mol. The molecule has 0 aromatic heterocycles. The van der Waals surface area contributed by atoms with Crippen LogP contribution in [0.2, 0.25) is 0 Å². The van der Waals surface area contributed by atoms with E-state index in [1.54, 1.807) is 12.1 Å². The number of halogens is 2. The first-order chi connectivity index (χ1) is 9.82. The minimum absolute atomic E-state index is 0.0835. The largest absolute Gasteiger partial charge is 0.399 e. The third-order valence-corrected chi connectivity index (χ3v) is 4.62. The fraction of sp³-hybridized carbons (Fsp3) is 0.188. The molecule has 0 bridgehead atoms. The summed E-state index contributed by atoms with van der Waals surface area (Å²) >= 11 is 6.85. The molecule has 0 aliphatic rings. The standard InChI is InChI=1S/C16H16Br2N2O/c1-16(2,10-6-4-3-5-7-10)15(21)20-14-12(17)8-11(19)9-13(14)18/h3-9H,19H2,1-2H3,(H,20,21). The highest BCUT2D eigenvalue weighted by molar-refractivity contribution is 9.11. The highest BCUT2D eigenvalue weighted by atomic mass is 79.9. The predicted octanol–water partition coefficient (Wildman–Crippen LogP) is 4.71. The molecule has 0 unspecified atom stereocenters. The van der Waals surface area contributed by atoms with Crippen LogP contribution in [-0.2, 0) is 10.2 Å². The van der Waals surface area contributed by atoms with Crippen LogP contribution in [0.3, 0.4) is 0 Å². The van der Waals surface area contributed by atoms with E-state index >= 15 is 0 Å². The summed E-state index contributed by atoms with van der Waals surface area (Å²) in [5.41, 5.74) is 7.39. The third kappa shape index (κ3) is 3.47. The number of nitrogen functional groups attached to an aromatic ring is 1. The highest BCUT2D eigenvalue weighted by Gasteiger charge is 2.30. The topological polar surface area (TPSA) is 55.1 Å². The molecule has 21 heavy (non-hydrogen) atoms. The zero-order valence-corrected chi connectivity index (χ0v) is 15.0. The summed E-state index contributed by atoms with van der Waals surface area (Å²) in [5.74, 6) is -0.0835. The van der Waals surface area contributed by atoms with Gasteiger partial charge < -0.3 is 11.1 Å². The first-order valence-corrected chi connectivity index (χ1v) is 8.02. The predicted molar refractivity (Wildman–Crippen MR) is 94.4 cm³/mol. The lowest BCUT2D eigenvalue weighted by Gasteiger charge is -2.25. The van der Waals surface area contributed by atoms with Gasteiger partial charge in [0.1, 0.15) is 0 Å². The van der Waals surface area contributed by atoms with E-state index in [0.29, 0.717) is 11.4 Å². The van der Waals surface area contributed by atoms with Crippen molar-refractivity contribution in [3.63, 3.8) is 0 Å². The van der Waals surface area contributed by atoms with E-state index in [4.69, 9.17) is 5.73 Å². The number of carbonyl (C=O) groups excluding carboxylic acids is 1. The molecule has 2 aromatic rings. The first-order valence-electron chi connectivity index (χ1n) is 6.44. The molecule has 0 fully saturated rings. The van der Waals surface area contributed by atoms with Crippen LogP contribution >= 0.6 is 31.9 Å².